The standard InChI is InChI=1S/C27H24FN5O2/c1-2-27(35,19-4-3-5-20(28)11-19)24-12-23(32-26(29)33-24)22-14-31-25-21(22)10-18(13-30-25)17-8-6-16(15-34)7-9-17/h3-14,34-35H,2,15H2,1H3,(H,30,31)(H2,29,32,33)/t27-/m0/s1. The van der Waals surface area contributed by atoms with Crippen LogP contribution >= 0.6 is 0 Å². The fraction of sp³-hybridized carbons (Fsp3) is 0.148. The van der Waals surface area contributed by atoms with Crippen molar-refractivity contribution in [2.45, 2.75) is 25.6 Å². The van der Waals surface area contributed by atoms with Crippen molar-refractivity contribution >= 4 is 17.0 Å². The zero-order valence-electron chi connectivity index (χ0n) is 19.0. The van der Waals surface area contributed by atoms with E-state index < -0.39 is 11.4 Å². The van der Waals surface area contributed by atoms with Gasteiger partial charge in [-0.15, -0.1) is 0 Å². The normalized spacial score (nSPS) is 13.1. The van der Waals surface area contributed by atoms with Gasteiger partial charge < -0.3 is 20.9 Å². The molecule has 7 nitrogen and oxygen atoms in total. The Balaban J connectivity index is 1.62. The number of anilines is 1. The number of fused-ring (bicyclic) bond motifs is 1. The number of benzene rings is 2. The van der Waals surface area contributed by atoms with E-state index in [2.05, 4.69) is 19.9 Å². The molecule has 2 aromatic carbocycles. The Bertz CT molecular complexity index is 1520. The molecule has 3 aromatic heterocycles. The molecule has 0 aliphatic carbocycles. The van der Waals surface area contributed by atoms with Gasteiger partial charge in [-0.2, -0.15) is 0 Å². The summed E-state index contributed by atoms with van der Waals surface area (Å²) in [6.45, 7) is 1.78. The second kappa shape index (κ2) is 8.90. The molecule has 176 valence electrons. The molecule has 5 rings (SSSR count). The maximum atomic E-state index is 13.9. The van der Waals surface area contributed by atoms with Crippen molar-refractivity contribution in [2.75, 3.05) is 5.73 Å². The summed E-state index contributed by atoms with van der Waals surface area (Å²) in [5.41, 5.74) is 9.80. The first-order valence-corrected chi connectivity index (χ1v) is 11.2. The first-order chi connectivity index (χ1) is 16.9. The number of nitrogens with two attached hydrogens (primary N) is 1. The van der Waals surface area contributed by atoms with E-state index >= 15 is 0 Å². The summed E-state index contributed by atoms with van der Waals surface area (Å²) in [7, 11) is 0. The molecule has 0 saturated heterocycles. The van der Waals surface area contributed by atoms with Crippen LogP contribution < -0.4 is 5.73 Å². The van der Waals surface area contributed by atoms with Crippen LogP contribution in [0.2, 0.25) is 0 Å². The predicted molar refractivity (Wildman–Crippen MR) is 133 cm³/mol. The maximum absolute atomic E-state index is 13.9. The average molecular weight is 470 g/mol. The Morgan fingerprint density at radius 1 is 1.03 bits per heavy atom. The van der Waals surface area contributed by atoms with Crippen LogP contribution in [0.25, 0.3) is 33.4 Å². The second-order valence-corrected chi connectivity index (χ2v) is 8.40. The minimum atomic E-state index is -1.54. The molecule has 0 spiro atoms. The van der Waals surface area contributed by atoms with Gasteiger partial charge in [-0.3, -0.25) is 0 Å². The topological polar surface area (TPSA) is 121 Å². The highest BCUT2D eigenvalue weighted by Crippen LogP contribution is 2.36. The summed E-state index contributed by atoms with van der Waals surface area (Å²) >= 11 is 0. The number of aromatic nitrogens is 4. The van der Waals surface area contributed by atoms with Gasteiger partial charge >= 0.3 is 0 Å². The van der Waals surface area contributed by atoms with Gasteiger partial charge in [-0.1, -0.05) is 43.3 Å². The minimum Gasteiger partial charge on any atom is -0.392 e. The smallest absolute Gasteiger partial charge is 0.220 e. The number of nitrogen functional groups attached to an aromatic ring is 1. The second-order valence-electron chi connectivity index (χ2n) is 8.40. The van der Waals surface area contributed by atoms with Crippen molar-refractivity contribution in [3.63, 3.8) is 0 Å². The van der Waals surface area contributed by atoms with E-state index in [4.69, 9.17) is 5.73 Å². The van der Waals surface area contributed by atoms with E-state index in [0.29, 0.717) is 16.9 Å². The Morgan fingerprint density at radius 2 is 1.83 bits per heavy atom. The zero-order valence-corrected chi connectivity index (χ0v) is 19.0. The molecule has 0 unspecified atom stereocenters. The molecular formula is C27H24FN5O2. The number of hydrogen-bond donors (Lipinski definition) is 4. The molecule has 0 amide bonds. The van der Waals surface area contributed by atoms with Gasteiger partial charge in [0.1, 0.15) is 17.1 Å². The lowest BCUT2D eigenvalue weighted by atomic mass is 9.87. The number of H-pyrrole nitrogens is 1. The number of nitrogens with one attached hydrogen (secondary N) is 1. The van der Waals surface area contributed by atoms with Crippen molar-refractivity contribution in [3.05, 3.63) is 95.7 Å². The number of hydrogen-bond acceptors (Lipinski definition) is 6. The molecule has 3 heterocycles. The van der Waals surface area contributed by atoms with Crippen LogP contribution in [0.15, 0.2) is 73.1 Å². The first-order valence-electron chi connectivity index (χ1n) is 11.2. The molecule has 5 N–H and O–H groups in total. The molecule has 0 radical (unpaired) electrons. The molecule has 0 bridgehead atoms. The third kappa shape index (κ3) is 4.14. The number of aromatic amines is 1. The molecule has 0 saturated carbocycles. The predicted octanol–water partition coefficient (Wildman–Crippen LogP) is 4.55. The molecule has 1 atom stereocenters. The fourth-order valence-corrected chi connectivity index (χ4v) is 4.27. The molecule has 0 fully saturated rings. The van der Waals surface area contributed by atoms with E-state index in [9.17, 15) is 14.6 Å². The van der Waals surface area contributed by atoms with Crippen LogP contribution in [0.4, 0.5) is 10.3 Å². The van der Waals surface area contributed by atoms with Crippen molar-refractivity contribution in [1.29, 1.82) is 0 Å². The van der Waals surface area contributed by atoms with Crippen LogP contribution in [-0.2, 0) is 12.2 Å². The van der Waals surface area contributed by atoms with Crippen molar-refractivity contribution in [1.82, 2.24) is 19.9 Å². The van der Waals surface area contributed by atoms with Crippen molar-refractivity contribution in [2.24, 2.45) is 0 Å². The number of rotatable bonds is 6. The fourth-order valence-electron chi connectivity index (χ4n) is 4.27. The lowest BCUT2D eigenvalue weighted by molar-refractivity contribution is 0.0716. The van der Waals surface area contributed by atoms with Crippen LogP contribution in [0.5, 0.6) is 0 Å². The third-order valence-corrected chi connectivity index (χ3v) is 6.26. The van der Waals surface area contributed by atoms with Gasteiger partial charge in [-0.05, 0) is 47.4 Å². The van der Waals surface area contributed by atoms with E-state index in [1.54, 1.807) is 37.5 Å². The quantitative estimate of drug-likeness (QED) is 0.290. The van der Waals surface area contributed by atoms with Crippen LogP contribution in [0.1, 0.15) is 30.2 Å². The molecular weight excluding hydrogens is 445 g/mol. The Labute approximate surface area is 201 Å². The summed E-state index contributed by atoms with van der Waals surface area (Å²) in [4.78, 5) is 16.4. The van der Waals surface area contributed by atoms with Gasteiger partial charge in [0.2, 0.25) is 5.95 Å². The molecule has 35 heavy (non-hydrogen) atoms. The highest BCUT2D eigenvalue weighted by molar-refractivity contribution is 5.95. The highest BCUT2D eigenvalue weighted by atomic mass is 19.1. The van der Waals surface area contributed by atoms with Crippen LogP contribution in [0, 0.1) is 5.82 Å². The van der Waals surface area contributed by atoms with Gasteiger partial charge in [0.25, 0.3) is 0 Å². The van der Waals surface area contributed by atoms with E-state index in [-0.39, 0.29) is 24.7 Å². The lowest BCUT2D eigenvalue weighted by Crippen LogP contribution is -2.28. The van der Waals surface area contributed by atoms with E-state index in [1.807, 2.05) is 30.3 Å². The number of halogens is 1. The Morgan fingerprint density at radius 3 is 2.54 bits per heavy atom. The summed E-state index contributed by atoms with van der Waals surface area (Å²) in [6.07, 6.45) is 3.82. The summed E-state index contributed by atoms with van der Waals surface area (Å²) < 4.78 is 13.9. The number of aliphatic hydroxyl groups excluding tert-OH is 1. The monoisotopic (exact) mass is 469 g/mol. The SMILES string of the molecule is CC[C@](O)(c1cccc(F)c1)c1cc(-c2c[nH]c3ncc(-c4ccc(CO)cc4)cc23)nc(N)n1. The Hall–Kier alpha value is -4.14. The average Bonchev–Trinajstić information content (AvgIpc) is 3.31. The first kappa shape index (κ1) is 22.6. The maximum Gasteiger partial charge on any atom is 0.220 e. The lowest BCUT2D eigenvalue weighted by Gasteiger charge is -2.27. The highest BCUT2D eigenvalue weighted by Gasteiger charge is 2.32. The summed E-state index contributed by atoms with van der Waals surface area (Å²) in [5.74, 6) is -0.447. The number of aliphatic hydroxyl groups is 2. The van der Waals surface area contributed by atoms with Crippen LogP contribution in [0.3, 0.4) is 0 Å². The largest absolute Gasteiger partial charge is 0.392 e. The summed E-state index contributed by atoms with van der Waals surface area (Å²) in [5, 5.41) is 21.7. The van der Waals surface area contributed by atoms with Crippen molar-refractivity contribution in [3.8, 4) is 22.4 Å². The van der Waals surface area contributed by atoms with E-state index in [0.717, 1.165) is 27.6 Å². The van der Waals surface area contributed by atoms with Crippen molar-refractivity contribution < 1.29 is 14.6 Å². The number of nitrogens with zero attached hydrogens (tertiary/aromatic N) is 3. The molecule has 5 aromatic rings. The van der Waals surface area contributed by atoms with E-state index in [1.165, 1.54) is 12.1 Å². The van der Waals surface area contributed by atoms with Gasteiger partial charge in [0.15, 0.2) is 0 Å². The minimum absolute atomic E-state index is 0.00108. The van der Waals surface area contributed by atoms with Crippen LogP contribution in [-0.4, -0.2) is 30.1 Å². The molecule has 0 aliphatic heterocycles. The van der Waals surface area contributed by atoms with Gasteiger partial charge in [-0.25, -0.2) is 19.3 Å². The van der Waals surface area contributed by atoms with Gasteiger partial charge in [0, 0.05) is 28.9 Å². The summed E-state index contributed by atoms with van der Waals surface area (Å²) in [6, 6.07) is 17.1. The third-order valence-electron chi connectivity index (χ3n) is 6.26. The molecule has 0 aliphatic rings. The van der Waals surface area contributed by atoms with Gasteiger partial charge in [0.05, 0.1) is 18.0 Å². The Kier molecular flexibility index (Phi) is 5.76. The molecule has 8 heteroatoms. The number of pyridine rings is 1. The zero-order chi connectivity index (χ0) is 24.6.